The van der Waals surface area contributed by atoms with Gasteiger partial charge in [0.15, 0.2) is 0 Å². The Balaban J connectivity index is 1.66. The minimum absolute atomic E-state index is 0.671. The lowest BCUT2D eigenvalue weighted by atomic mass is 10.0. The highest BCUT2D eigenvalue weighted by atomic mass is 35.5. The Bertz CT molecular complexity index is 1180. The van der Waals surface area contributed by atoms with Crippen LogP contribution in [0.2, 0.25) is 0 Å². The predicted octanol–water partition coefficient (Wildman–Crippen LogP) is 4.91. The third kappa shape index (κ3) is 2.47. The molecule has 0 amide bonds. The quantitative estimate of drug-likeness (QED) is 0.408. The first-order valence-electron chi connectivity index (χ1n) is 8.32. The van der Waals surface area contributed by atoms with Crippen LogP contribution in [0.1, 0.15) is 11.1 Å². The molecule has 0 radical (unpaired) electrons. The lowest BCUT2D eigenvalue weighted by Gasteiger charge is -2.19. The number of furan rings is 1. The van der Waals surface area contributed by atoms with E-state index in [0.29, 0.717) is 11.7 Å². The number of aliphatic imine (C=N–C) groups is 2. The van der Waals surface area contributed by atoms with Gasteiger partial charge in [-0.1, -0.05) is 72.3 Å². The number of amidine groups is 2. The SMILES string of the molecule is ClC1N=C(c2ccccc2)NC(c2cccc3oc4ccccc4c23)=N1. The predicted molar refractivity (Wildman–Crippen MR) is 106 cm³/mol. The fraction of sp³-hybridized carbons (Fsp3) is 0.0476. The van der Waals surface area contributed by atoms with Gasteiger partial charge >= 0.3 is 0 Å². The van der Waals surface area contributed by atoms with Crippen molar-refractivity contribution >= 4 is 45.2 Å². The van der Waals surface area contributed by atoms with Gasteiger partial charge in [-0.3, -0.25) is 0 Å². The number of nitrogens with zero attached hydrogens (tertiary/aromatic N) is 2. The van der Waals surface area contributed by atoms with E-state index in [0.717, 1.165) is 33.1 Å². The molecular weight excluding hydrogens is 346 g/mol. The fourth-order valence-electron chi connectivity index (χ4n) is 3.27. The van der Waals surface area contributed by atoms with E-state index < -0.39 is 5.62 Å². The molecule has 1 N–H and O–H groups in total. The Morgan fingerprint density at radius 2 is 1.50 bits per heavy atom. The van der Waals surface area contributed by atoms with Crippen LogP contribution in [0, 0.1) is 0 Å². The molecule has 4 aromatic rings. The topological polar surface area (TPSA) is 49.9 Å². The van der Waals surface area contributed by atoms with Crippen LogP contribution >= 0.6 is 11.6 Å². The van der Waals surface area contributed by atoms with Gasteiger partial charge in [0.2, 0.25) is 5.62 Å². The van der Waals surface area contributed by atoms with Crippen LogP contribution in [0.15, 0.2) is 87.2 Å². The summed E-state index contributed by atoms with van der Waals surface area (Å²) in [6.07, 6.45) is 0. The first-order valence-corrected chi connectivity index (χ1v) is 8.76. The molecule has 26 heavy (non-hydrogen) atoms. The summed E-state index contributed by atoms with van der Waals surface area (Å²) in [7, 11) is 0. The van der Waals surface area contributed by atoms with Crippen LogP contribution in [0.5, 0.6) is 0 Å². The van der Waals surface area contributed by atoms with Gasteiger partial charge in [-0.25, -0.2) is 9.98 Å². The Kier molecular flexibility index (Phi) is 3.50. The Morgan fingerprint density at radius 3 is 2.38 bits per heavy atom. The maximum absolute atomic E-state index is 6.31. The standard InChI is InChI=1S/C21H14ClN3O/c22-21-24-19(13-7-2-1-3-8-13)23-20(25-21)15-10-6-12-17-18(15)14-9-4-5-11-16(14)26-17/h1-12,21H,(H,23,24,25). The van der Waals surface area contributed by atoms with Crippen molar-refractivity contribution < 1.29 is 4.42 Å². The number of benzene rings is 3. The molecule has 0 fully saturated rings. The van der Waals surface area contributed by atoms with Crippen molar-refractivity contribution in [1.29, 1.82) is 0 Å². The summed E-state index contributed by atoms with van der Waals surface area (Å²) in [4.78, 5) is 8.92. The second-order valence-electron chi connectivity index (χ2n) is 6.03. The molecule has 1 unspecified atom stereocenters. The molecule has 1 atom stereocenters. The molecule has 5 rings (SSSR count). The second-order valence-corrected chi connectivity index (χ2v) is 6.42. The lowest BCUT2D eigenvalue weighted by Crippen LogP contribution is -2.36. The maximum atomic E-state index is 6.31. The van der Waals surface area contributed by atoms with Crippen LogP contribution < -0.4 is 5.32 Å². The summed E-state index contributed by atoms with van der Waals surface area (Å²) in [6.45, 7) is 0. The molecule has 0 spiro atoms. The summed E-state index contributed by atoms with van der Waals surface area (Å²) in [5, 5.41) is 5.41. The van der Waals surface area contributed by atoms with E-state index in [4.69, 9.17) is 16.0 Å². The molecule has 0 aliphatic carbocycles. The summed E-state index contributed by atoms with van der Waals surface area (Å²) < 4.78 is 5.98. The summed E-state index contributed by atoms with van der Waals surface area (Å²) in [6, 6.07) is 23.8. The third-order valence-corrected chi connectivity index (χ3v) is 4.61. The molecule has 1 aromatic heterocycles. The zero-order valence-electron chi connectivity index (χ0n) is 13.7. The van der Waals surface area contributed by atoms with E-state index in [2.05, 4.69) is 21.4 Å². The number of para-hydroxylation sites is 1. The molecule has 2 heterocycles. The van der Waals surface area contributed by atoms with Gasteiger partial charge in [0.1, 0.15) is 22.8 Å². The van der Waals surface area contributed by atoms with Crippen LogP contribution in [-0.4, -0.2) is 17.3 Å². The van der Waals surface area contributed by atoms with E-state index in [1.165, 1.54) is 0 Å². The summed E-state index contributed by atoms with van der Waals surface area (Å²) >= 11 is 6.31. The molecule has 126 valence electrons. The summed E-state index contributed by atoms with van der Waals surface area (Å²) in [5.41, 5.74) is 2.92. The number of hydrogen-bond donors (Lipinski definition) is 1. The molecule has 1 aliphatic rings. The zero-order chi connectivity index (χ0) is 17.5. The molecule has 0 saturated heterocycles. The Labute approximate surface area is 154 Å². The third-order valence-electron chi connectivity index (χ3n) is 4.41. The van der Waals surface area contributed by atoms with Crippen molar-refractivity contribution in [2.75, 3.05) is 0 Å². The lowest BCUT2D eigenvalue weighted by molar-refractivity contribution is 0.669. The summed E-state index contributed by atoms with van der Waals surface area (Å²) in [5.74, 6) is 1.40. The highest BCUT2D eigenvalue weighted by molar-refractivity contribution is 6.27. The normalized spacial score (nSPS) is 17.0. The van der Waals surface area contributed by atoms with Gasteiger partial charge in [-0.2, -0.15) is 0 Å². The number of hydrogen-bond acceptors (Lipinski definition) is 4. The van der Waals surface area contributed by atoms with Crippen LogP contribution in [0.25, 0.3) is 21.9 Å². The highest BCUT2D eigenvalue weighted by Gasteiger charge is 2.20. The first-order chi connectivity index (χ1) is 12.8. The van der Waals surface area contributed by atoms with Gasteiger partial charge < -0.3 is 9.73 Å². The molecule has 0 saturated carbocycles. The number of alkyl halides is 1. The van der Waals surface area contributed by atoms with Crippen LogP contribution in [0.3, 0.4) is 0 Å². The van der Waals surface area contributed by atoms with Crippen LogP contribution in [-0.2, 0) is 0 Å². The van der Waals surface area contributed by atoms with Crippen molar-refractivity contribution in [2.24, 2.45) is 9.98 Å². The van der Waals surface area contributed by atoms with E-state index in [-0.39, 0.29) is 0 Å². The van der Waals surface area contributed by atoms with Crippen molar-refractivity contribution in [3.8, 4) is 0 Å². The molecular formula is C21H14ClN3O. The van der Waals surface area contributed by atoms with Gasteiger partial charge in [0, 0.05) is 21.9 Å². The smallest absolute Gasteiger partial charge is 0.219 e. The maximum Gasteiger partial charge on any atom is 0.219 e. The van der Waals surface area contributed by atoms with Gasteiger partial charge in [-0.15, -0.1) is 0 Å². The van der Waals surface area contributed by atoms with Crippen molar-refractivity contribution in [2.45, 2.75) is 5.62 Å². The average molecular weight is 360 g/mol. The average Bonchev–Trinajstić information content (AvgIpc) is 3.07. The number of halogens is 1. The van der Waals surface area contributed by atoms with E-state index in [9.17, 15) is 0 Å². The van der Waals surface area contributed by atoms with Gasteiger partial charge in [0.25, 0.3) is 0 Å². The molecule has 3 aromatic carbocycles. The van der Waals surface area contributed by atoms with Crippen molar-refractivity contribution in [3.63, 3.8) is 0 Å². The molecule has 5 heteroatoms. The number of nitrogens with one attached hydrogen (secondary N) is 1. The van der Waals surface area contributed by atoms with E-state index in [1.54, 1.807) is 0 Å². The Hall–Kier alpha value is -3.11. The first kappa shape index (κ1) is 15.2. The van der Waals surface area contributed by atoms with Gasteiger partial charge in [0.05, 0.1) is 0 Å². The highest BCUT2D eigenvalue weighted by Crippen LogP contribution is 2.31. The second kappa shape index (κ2) is 6.00. The van der Waals surface area contributed by atoms with E-state index >= 15 is 0 Å². The van der Waals surface area contributed by atoms with Crippen LogP contribution in [0.4, 0.5) is 0 Å². The van der Waals surface area contributed by atoms with Gasteiger partial charge in [-0.05, 0) is 12.1 Å². The molecule has 0 bridgehead atoms. The Morgan fingerprint density at radius 1 is 0.769 bits per heavy atom. The minimum atomic E-state index is -0.671. The fourth-order valence-corrected chi connectivity index (χ4v) is 3.47. The zero-order valence-corrected chi connectivity index (χ0v) is 14.4. The monoisotopic (exact) mass is 359 g/mol. The molecule has 1 aliphatic heterocycles. The number of rotatable bonds is 2. The number of fused-ring (bicyclic) bond motifs is 3. The van der Waals surface area contributed by atoms with Crippen molar-refractivity contribution in [1.82, 2.24) is 5.32 Å². The van der Waals surface area contributed by atoms with Crippen molar-refractivity contribution in [3.05, 3.63) is 83.9 Å². The minimum Gasteiger partial charge on any atom is -0.456 e. The largest absolute Gasteiger partial charge is 0.456 e. The molecule has 4 nitrogen and oxygen atoms in total. The van der Waals surface area contributed by atoms with E-state index in [1.807, 2.05) is 66.7 Å².